The summed E-state index contributed by atoms with van der Waals surface area (Å²) in [7, 11) is 0. The molecule has 104 valence electrons. The minimum absolute atomic E-state index is 0.0946. The number of rotatable bonds is 8. The van der Waals surface area contributed by atoms with Crippen molar-refractivity contribution in [3.05, 3.63) is 48.0 Å². The fourth-order valence-corrected chi connectivity index (χ4v) is 1.62. The molecule has 0 aliphatic carbocycles. The van der Waals surface area contributed by atoms with Crippen molar-refractivity contribution in [1.82, 2.24) is 0 Å². The van der Waals surface area contributed by atoms with Crippen LogP contribution in [0.4, 0.5) is 4.39 Å². The van der Waals surface area contributed by atoms with Gasteiger partial charge in [-0.05, 0) is 24.8 Å². The summed E-state index contributed by atoms with van der Waals surface area (Å²) in [6.07, 6.45) is 4.66. The van der Waals surface area contributed by atoms with E-state index in [1.165, 1.54) is 5.56 Å². The van der Waals surface area contributed by atoms with Gasteiger partial charge in [-0.2, -0.15) is 0 Å². The fourth-order valence-electron chi connectivity index (χ4n) is 1.62. The van der Waals surface area contributed by atoms with Gasteiger partial charge in [-0.15, -0.1) is 0 Å². The largest absolute Gasteiger partial charge is 0.464 e. The van der Waals surface area contributed by atoms with Crippen LogP contribution in [0.2, 0.25) is 0 Å². The lowest BCUT2D eigenvalue weighted by atomic mass is 10.1. The molecule has 3 heteroatoms. The molecule has 1 aromatic rings. The van der Waals surface area contributed by atoms with Crippen molar-refractivity contribution in [2.45, 2.75) is 38.8 Å². The third kappa shape index (κ3) is 6.75. The second-order valence-corrected chi connectivity index (χ2v) is 4.37. The summed E-state index contributed by atoms with van der Waals surface area (Å²) in [5.74, 6) is -0.755. The van der Waals surface area contributed by atoms with Gasteiger partial charge in [0.15, 0.2) is 0 Å². The van der Waals surface area contributed by atoms with E-state index < -0.39 is 12.1 Å². The molecule has 0 spiro atoms. The number of carbonyl (C=O) groups is 1. The summed E-state index contributed by atoms with van der Waals surface area (Å²) < 4.78 is 18.1. The second-order valence-electron chi connectivity index (χ2n) is 4.37. The number of ether oxygens (including phenoxy) is 1. The fraction of sp³-hybridized carbons (Fsp3) is 0.438. The normalized spacial score (nSPS) is 12.5. The van der Waals surface area contributed by atoms with Gasteiger partial charge >= 0.3 is 5.97 Å². The van der Waals surface area contributed by atoms with Crippen molar-refractivity contribution in [3.8, 4) is 0 Å². The van der Waals surface area contributed by atoms with Crippen molar-refractivity contribution in [2.24, 2.45) is 0 Å². The predicted molar refractivity (Wildman–Crippen MR) is 74.7 cm³/mol. The number of carbonyl (C=O) groups excluding carboxylic acids is 1. The van der Waals surface area contributed by atoms with Crippen molar-refractivity contribution in [3.63, 3.8) is 0 Å². The number of allylic oxidation sites excluding steroid dienone is 2. The first kappa shape index (κ1) is 15.4. The molecule has 0 amide bonds. The lowest BCUT2D eigenvalue weighted by Crippen LogP contribution is -2.18. The Hall–Kier alpha value is -1.64. The van der Waals surface area contributed by atoms with Crippen LogP contribution in [0.3, 0.4) is 0 Å². The highest BCUT2D eigenvalue weighted by atomic mass is 19.1. The molecule has 1 aromatic carbocycles. The number of esters is 1. The van der Waals surface area contributed by atoms with Gasteiger partial charge in [-0.25, -0.2) is 9.18 Å². The molecule has 1 unspecified atom stereocenters. The van der Waals surface area contributed by atoms with E-state index in [1.807, 2.05) is 31.2 Å². The van der Waals surface area contributed by atoms with Crippen LogP contribution in [0.25, 0.3) is 0 Å². The standard InChI is InChI=1S/C16H21FO2/c1-2-13-19-16(18)15(17)12-8-4-7-11-14-9-5-3-6-10-14/h3-6,8-10,15H,2,7,11-13H2,1H3/b8-4+. The smallest absolute Gasteiger partial charge is 0.341 e. The van der Waals surface area contributed by atoms with Crippen LogP contribution < -0.4 is 0 Å². The summed E-state index contributed by atoms with van der Waals surface area (Å²) in [6.45, 7) is 2.17. The number of hydrogen-bond acceptors (Lipinski definition) is 2. The van der Waals surface area contributed by atoms with E-state index in [-0.39, 0.29) is 13.0 Å². The maximum absolute atomic E-state index is 13.3. The zero-order valence-corrected chi connectivity index (χ0v) is 11.3. The second kappa shape index (κ2) is 9.31. The molecule has 0 aliphatic heterocycles. The van der Waals surface area contributed by atoms with Gasteiger partial charge in [0.25, 0.3) is 0 Å². The van der Waals surface area contributed by atoms with Crippen LogP contribution in [0.15, 0.2) is 42.5 Å². The Balaban J connectivity index is 2.17. The summed E-state index contributed by atoms with van der Waals surface area (Å²) in [4.78, 5) is 11.2. The molecule has 1 rings (SSSR count). The Kier molecular flexibility index (Phi) is 7.56. The summed E-state index contributed by atoms with van der Waals surface area (Å²) in [5.41, 5.74) is 1.26. The van der Waals surface area contributed by atoms with Crippen molar-refractivity contribution in [1.29, 1.82) is 0 Å². The molecule has 0 N–H and O–H groups in total. The number of hydrogen-bond donors (Lipinski definition) is 0. The molecule has 0 aliphatic rings. The van der Waals surface area contributed by atoms with Crippen LogP contribution in [0.5, 0.6) is 0 Å². The number of aryl methyl sites for hydroxylation is 1. The highest BCUT2D eigenvalue weighted by Gasteiger charge is 2.16. The third-order valence-electron chi connectivity index (χ3n) is 2.66. The van der Waals surface area contributed by atoms with Gasteiger partial charge in [0.2, 0.25) is 6.17 Å². The number of alkyl halides is 1. The Bertz CT molecular complexity index is 387. The lowest BCUT2D eigenvalue weighted by Gasteiger charge is -2.05. The summed E-state index contributed by atoms with van der Waals surface area (Å²) >= 11 is 0. The number of benzene rings is 1. The maximum Gasteiger partial charge on any atom is 0.341 e. The Morgan fingerprint density at radius 2 is 2.05 bits per heavy atom. The minimum atomic E-state index is -1.54. The molecule has 1 atom stereocenters. The van der Waals surface area contributed by atoms with E-state index in [1.54, 1.807) is 6.08 Å². The van der Waals surface area contributed by atoms with Crippen molar-refractivity contribution in [2.75, 3.05) is 6.61 Å². The average Bonchev–Trinajstić information content (AvgIpc) is 2.45. The van der Waals surface area contributed by atoms with Crippen LogP contribution >= 0.6 is 0 Å². The summed E-state index contributed by atoms with van der Waals surface area (Å²) in [5, 5.41) is 0. The van der Waals surface area contributed by atoms with Crippen LogP contribution in [0.1, 0.15) is 31.7 Å². The SMILES string of the molecule is CCCOC(=O)C(F)C/C=C/CCc1ccccc1. The highest BCUT2D eigenvalue weighted by Crippen LogP contribution is 2.06. The topological polar surface area (TPSA) is 26.3 Å². The molecule has 0 saturated carbocycles. The molecule has 0 bridgehead atoms. The molecular weight excluding hydrogens is 243 g/mol. The first-order chi connectivity index (χ1) is 9.24. The van der Waals surface area contributed by atoms with E-state index in [9.17, 15) is 9.18 Å². The quantitative estimate of drug-likeness (QED) is 0.526. The van der Waals surface area contributed by atoms with E-state index in [2.05, 4.69) is 12.1 Å². The number of halogens is 1. The molecule has 2 nitrogen and oxygen atoms in total. The molecule has 0 saturated heterocycles. The van der Waals surface area contributed by atoms with Gasteiger partial charge in [0, 0.05) is 6.42 Å². The van der Waals surface area contributed by atoms with E-state index in [4.69, 9.17) is 4.74 Å². The van der Waals surface area contributed by atoms with Gasteiger partial charge in [-0.1, -0.05) is 49.4 Å². The summed E-state index contributed by atoms with van der Waals surface area (Å²) in [6, 6.07) is 10.1. The highest BCUT2D eigenvalue weighted by molar-refractivity contribution is 5.74. The van der Waals surface area contributed by atoms with Crippen molar-refractivity contribution < 1.29 is 13.9 Å². The minimum Gasteiger partial charge on any atom is -0.464 e. The van der Waals surface area contributed by atoms with Crippen molar-refractivity contribution >= 4 is 5.97 Å². The van der Waals surface area contributed by atoms with E-state index in [0.717, 1.165) is 12.8 Å². The molecule has 0 radical (unpaired) electrons. The third-order valence-corrected chi connectivity index (χ3v) is 2.66. The zero-order chi connectivity index (χ0) is 13.9. The molecule has 0 fully saturated rings. The van der Waals surface area contributed by atoms with Crippen LogP contribution in [-0.2, 0) is 16.0 Å². The van der Waals surface area contributed by atoms with Crippen LogP contribution in [0, 0.1) is 0 Å². The predicted octanol–water partition coefficient (Wildman–Crippen LogP) is 3.86. The van der Waals surface area contributed by atoms with E-state index >= 15 is 0 Å². The molecule has 19 heavy (non-hydrogen) atoms. The molecule has 0 heterocycles. The van der Waals surface area contributed by atoms with Gasteiger partial charge in [0.1, 0.15) is 0 Å². The first-order valence-electron chi connectivity index (χ1n) is 6.73. The molecule has 0 aromatic heterocycles. The monoisotopic (exact) mass is 264 g/mol. The Labute approximate surface area is 114 Å². The van der Waals surface area contributed by atoms with Gasteiger partial charge in [-0.3, -0.25) is 0 Å². The Morgan fingerprint density at radius 3 is 2.74 bits per heavy atom. The van der Waals surface area contributed by atoms with Crippen LogP contribution in [-0.4, -0.2) is 18.7 Å². The average molecular weight is 264 g/mol. The van der Waals surface area contributed by atoms with Gasteiger partial charge < -0.3 is 4.74 Å². The zero-order valence-electron chi connectivity index (χ0n) is 11.3. The lowest BCUT2D eigenvalue weighted by molar-refractivity contribution is -0.149. The van der Waals surface area contributed by atoms with Gasteiger partial charge in [0.05, 0.1) is 6.61 Å². The van der Waals surface area contributed by atoms with E-state index in [0.29, 0.717) is 6.42 Å². The molecular formula is C16H21FO2. The maximum atomic E-state index is 13.3. The Morgan fingerprint density at radius 1 is 1.32 bits per heavy atom. The first-order valence-corrected chi connectivity index (χ1v) is 6.73.